The van der Waals surface area contributed by atoms with E-state index < -0.39 is 68.8 Å². The number of hydrogen-bond donors (Lipinski definition) is 0. The van der Waals surface area contributed by atoms with Gasteiger partial charge in [0.15, 0.2) is 74.5 Å². The van der Waals surface area contributed by atoms with E-state index in [0.29, 0.717) is 0 Å². The smallest absolute Gasteiger partial charge is 0.192 e. The van der Waals surface area contributed by atoms with Crippen LogP contribution in [-0.4, -0.2) is 62.2 Å². The highest BCUT2D eigenvalue weighted by atomic mass is 19.2. The zero-order valence-corrected chi connectivity index (χ0v) is 13.7. The molecule has 0 aliphatic heterocycles. The van der Waals surface area contributed by atoms with E-state index in [1.165, 1.54) is 30.6 Å². The van der Waals surface area contributed by atoms with Gasteiger partial charge in [-0.25, -0.2) is 48.5 Å². The monoisotopic (exact) mass is 414 g/mol. The normalized spacial score (nSPS) is 22.1. The highest BCUT2D eigenvalue weighted by Crippen LogP contribution is 2.28. The van der Waals surface area contributed by atoms with Gasteiger partial charge >= 0.3 is 0 Å². The van der Waals surface area contributed by atoms with Crippen LogP contribution in [0.2, 0.25) is 0 Å². The molecular weight excluding hydrogens is 396 g/mol. The summed E-state index contributed by atoms with van der Waals surface area (Å²) in [5.41, 5.74) is 0. The van der Waals surface area contributed by atoms with Crippen molar-refractivity contribution < 1.29 is 48.5 Å². The molecule has 0 fully saturated rings. The molecule has 9 unspecified atom stereocenters. The Balaban J connectivity index is 2.70. The standard InChI is InChI=1S/C16H18F10N/c17-6-8(18)10(20)12(22)14(24)16(26)15(25)13(23)11(21)9(19)7-27-4-2-1-3-5-27/h1-5,8-16H,6-7H2/q+1. The van der Waals surface area contributed by atoms with Gasteiger partial charge in [0.05, 0.1) is 0 Å². The summed E-state index contributed by atoms with van der Waals surface area (Å²) in [5, 5.41) is 0. The molecule has 0 saturated heterocycles. The average Bonchev–Trinajstić information content (AvgIpc) is 2.69. The number of alkyl halides is 10. The summed E-state index contributed by atoms with van der Waals surface area (Å²) < 4.78 is 134. The Labute approximate surface area is 149 Å². The van der Waals surface area contributed by atoms with Crippen molar-refractivity contribution in [2.24, 2.45) is 0 Å². The maximum absolute atomic E-state index is 13.8. The first-order valence-electron chi connectivity index (χ1n) is 7.88. The Hall–Kier alpha value is -1.55. The highest BCUT2D eigenvalue weighted by molar-refractivity contribution is 4.94. The van der Waals surface area contributed by atoms with Gasteiger partial charge in [-0.3, -0.25) is 0 Å². The van der Waals surface area contributed by atoms with Gasteiger partial charge in [-0.1, -0.05) is 6.07 Å². The van der Waals surface area contributed by atoms with Gasteiger partial charge in [0.1, 0.15) is 6.67 Å². The molecule has 0 bridgehead atoms. The van der Waals surface area contributed by atoms with Crippen LogP contribution in [0.1, 0.15) is 0 Å². The molecular formula is C16H18F10N+. The Kier molecular flexibility index (Phi) is 9.31. The van der Waals surface area contributed by atoms with Crippen LogP contribution in [0.25, 0.3) is 0 Å². The van der Waals surface area contributed by atoms with Crippen molar-refractivity contribution >= 4 is 0 Å². The summed E-state index contributed by atoms with van der Waals surface area (Å²) in [6.45, 7) is -2.83. The number of hydrogen-bond acceptors (Lipinski definition) is 0. The minimum Gasteiger partial charge on any atom is -0.248 e. The molecule has 27 heavy (non-hydrogen) atoms. The molecule has 0 aliphatic carbocycles. The van der Waals surface area contributed by atoms with Crippen LogP contribution in [-0.2, 0) is 6.54 Å². The zero-order valence-electron chi connectivity index (χ0n) is 13.7. The molecule has 0 saturated carbocycles. The van der Waals surface area contributed by atoms with Crippen LogP contribution in [0.3, 0.4) is 0 Å². The molecule has 1 nitrogen and oxygen atoms in total. The molecule has 0 amide bonds. The summed E-state index contributed by atoms with van der Waals surface area (Å²) in [7, 11) is 0. The molecule has 0 spiro atoms. The topological polar surface area (TPSA) is 3.88 Å². The molecule has 1 aromatic rings. The van der Waals surface area contributed by atoms with Gasteiger partial charge in [-0.05, 0) is 0 Å². The summed E-state index contributed by atoms with van der Waals surface area (Å²) >= 11 is 0. The second-order valence-electron chi connectivity index (χ2n) is 5.87. The van der Waals surface area contributed by atoms with Crippen LogP contribution >= 0.6 is 0 Å². The summed E-state index contributed by atoms with van der Waals surface area (Å²) in [6, 6.07) is 4.40. The van der Waals surface area contributed by atoms with Crippen molar-refractivity contribution in [3.63, 3.8) is 0 Å². The van der Waals surface area contributed by atoms with Crippen molar-refractivity contribution in [1.82, 2.24) is 0 Å². The maximum Gasteiger partial charge on any atom is 0.192 e. The Morgan fingerprint density at radius 2 is 0.889 bits per heavy atom. The van der Waals surface area contributed by atoms with Crippen LogP contribution < -0.4 is 4.57 Å². The van der Waals surface area contributed by atoms with E-state index in [2.05, 4.69) is 0 Å². The van der Waals surface area contributed by atoms with Crippen molar-refractivity contribution in [1.29, 1.82) is 0 Å². The summed E-state index contributed by atoms with van der Waals surface area (Å²) in [5.74, 6) is 0. The zero-order chi connectivity index (χ0) is 20.7. The van der Waals surface area contributed by atoms with Crippen molar-refractivity contribution in [2.45, 2.75) is 62.1 Å². The summed E-state index contributed by atoms with van der Waals surface area (Å²) in [6.07, 6.45) is -28.3. The van der Waals surface area contributed by atoms with Crippen LogP contribution in [0, 0.1) is 0 Å². The fourth-order valence-corrected chi connectivity index (χ4v) is 2.22. The third-order valence-electron chi connectivity index (χ3n) is 3.83. The fraction of sp³-hybridized carbons (Fsp3) is 0.688. The molecule has 1 aromatic heterocycles. The van der Waals surface area contributed by atoms with E-state index in [1.807, 2.05) is 0 Å². The molecule has 9 atom stereocenters. The quantitative estimate of drug-likeness (QED) is 0.381. The molecule has 1 heterocycles. The first-order valence-corrected chi connectivity index (χ1v) is 7.88. The number of pyridine rings is 1. The SMILES string of the molecule is FCC(F)C(F)C(F)C(F)C(F)C(F)C(F)C(F)C(F)C[n+]1ccccc1. The van der Waals surface area contributed by atoms with Gasteiger partial charge in [0, 0.05) is 12.1 Å². The third-order valence-corrected chi connectivity index (χ3v) is 3.83. The third kappa shape index (κ3) is 6.24. The largest absolute Gasteiger partial charge is 0.248 e. The lowest BCUT2D eigenvalue weighted by Crippen LogP contribution is -2.50. The molecule has 0 aliphatic rings. The van der Waals surface area contributed by atoms with Gasteiger partial charge in [-0.2, -0.15) is 0 Å². The maximum atomic E-state index is 13.8. The van der Waals surface area contributed by atoms with Crippen LogP contribution in [0.15, 0.2) is 30.6 Å². The molecule has 156 valence electrons. The average molecular weight is 414 g/mol. The second kappa shape index (κ2) is 10.7. The van der Waals surface area contributed by atoms with Crippen molar-refractivity contribution in [3.8, 4) is 0 Å². The van der Waals surface area contributed by atoms with Gasteiger partial charge in [-0.15, -0.1) is 0 Å². The van der Waals surface area contributed by atoms with Gasteiger partial charge in [0.2, 0.25) is 0 Å². The number of rotatable bonds is 11. The highest BCUT2D eigenvalue weighted by Gasteiger charge is 2.48. The van der Waals surface area contributed by atoms with Crippen molar-refractivity contribution in [3.05, 3.63) is 30.6 Å². The van der Waals surface area contributed by atoms with Crippen molar-refractivity contribution in [2.75, 3.05) is 6.67 Å². The Bertz CT molecular complexity index is 535. The summed E-state index contributed by atoms with van der Waals surface area (Å²) in [4.78, 5) is 0. The lowest BCUT2D eigenvalue weighted by Gasteiger charge is -2.26. The predicted octanol–water partition coefficient (Wildman–Crippen LogP) is 3.99. The molecule has 0 radical (unpaired) electrons. The first-order chi connectivity index (χ1) is 12.6. The minimum absolute atomic E-state index is 0.774. The van der Waals surface area contributed by atoms with Gasteiger partial charge in [0.25, 0.3) is 0 Å². The molecule has 1 rings (SSSR count). The molecule has 0 aromatic carbocycles. The number of aromatic nitrogens is 1. The van der Waals surface area contributed by atoms with E-state index in [-0.39, 0.29) is 0 Å². The second-order valence-corrected chi connectivity index (χ2v) is 5.87. The van der Waals surface area contributed by atoms with E-state index in [0.717, 1.165) is 4.57 Å². The first kappa shape index (κ1) is 23.5. The van der Waals surface area contributed by atoms with E-state index in [9.17, 15) is 43.9 Å². The van der Waals surface area contributed by atoms with E-state index in [4.69, 9.17) is 0 Å². The minimum atomic E-state index is -3.75. The molecule has 11 heteroatoms. The predicted molar refractivity (Wildman–Crippen MR) is 76.7 cm³/mol. The lowest BCUT2D eigenvalue weighted by atomic mass is 9.97. The van der Waals surface area contributed by atoms with E-state index in [1.54, 1.807) is 0 Å². The van der Waals surface area contributed by atoms with Gasteiger partial charge < -0.3 is 0 Å². The fourth-order valence-electron chi connectivity index (χ4n) is 2.22. The van der Waals surface area contributed by atoms with Crippen LogP contribution in [0.5, 0.6) is 0 Å². The Morgan fingerprint density at radius 1 is 0.519 bits per heavy atom. The Morgan fingerprint density at radius 3 is 1.30 bits per heavy atom. The van der Waals surface area contributed by atoms with Crippen LogP contribution in [0.4, 0.5) is 43.9 Å². The number of halogens is 10. The lowest BCUT2D eigenvalue weighted by molar-refractivity contribution is -0.702. The van der Waals surface area contributed by atoms with E-state index >= 15 is 0 Å². The molecule has 0 N–H and O–H groups in total. The number of nitrogens with zero attached hydrogens (tertiary/aromatic N) is 1.